The first-order valence-corrected chi connectivity index (χ1v) is 11.2. The average Bonchev–Trinajstić information content (AvgIpc) is 2.78. The molecule has 0 saturated heterocycles. The van der Waals surface area contributed by atoms with E-state index in [2.05, 4.69) is 36.5 Å². The lowest BCUT2D eigenvalue weighted by Crippen LogP contribution is -2.34. The van der Waals surface area contributed by atoms with Gasteiger partial charge in [0.2, 0.25) is 0 Å². The van der Waals surface area contributed by atoms with Crippen LogP contribution in [-0.2, 0) is 22.5 Å². The zero-order valence-electron chi connectivity index (χ0n) is 17.9. The number of hydrogen-bond donors (Lipinski definition) is 2. The Kier molecular flexibility index (Phi) is 10.5. The largest absolute Gasteiger partial charge is 0.464 e. The van der Waals surface area contributed by atoms with E-state index in [0.29, 0.717) is 11.4 Å². The number of ketones is 1. The number of hydrogen-bond acceptors (Lipinski definition) is 5. The number of aryl methyl sites for hydroxylation is 1. The van der Waals surface area contributed by atoms with Gasteiger partial charge in [-0.25, -0.2) is 4.79 Å². The van der Waals surface area contributed by atoms with Gasteiger partial charge in [-0.3, -0.25) is 4.79 Å². The van der Waals surface area contributed by atoms with Crippen LogP contribution in [0.25, 0.3) is 0 Å². The van der Waals surface area contributed by atoms with Gasteiger partial charge in [-0.15, -0.1) is 0 Å². The number of carbonyl (C=O) groups is 2. The van der Waals surface area contributed by atoms with Gasteiger partial charge in [-0.05, 0) is 55.1 Å². The Morgan fingerprint density at radius 2 is 1.81 bits per heavy atom. The summed E-state index contributed by atoms with van der Waals surface area (Å²) in [5.41, 5.74) is 2.84. The normalized spacial score (nSPS) is 12.9. The van der Waals surface area contributed by atoms with Gasteiger partial charge in [0.05, 0.1) is 22.6 Å². The molecule has 7 heteroatoms. The highest BCUT2D eigenvalue weighted by molar-refractivity contribution is 6.42. The van der Waals surface area contributed by atoms with E-state index in [1.54, 1.807) is 0 Å². The van der Waals surface area contributed by atoms with E-state index in [0.717, 1.165) is 25.9 Å². The lowest BCUT2D eigenvalue weighted by Gasteiger charge is -2.17. The number of aliphatic hydroxyl groups is 1. The van der Waals surface area contributed by atoms with Crippen molar-refractivity contribution in [2.24, 2.45) is 5.92 Å². The van der Waals surface area contributed by atoms with Crippen molar-refractivity contribution in [2.75, 3.05) is 13.2 Å². The highest BCUT2D eigenvalue weighted by Crippen LogP contribution is 2.24. The number of carbonyl (C=O) groups excluding carboxylic acids is 2. The van der Waals surface area contributed by atoms with Crippen LogP contribution in [0.1, 0.15) is 48.2 Å². The summed E-state index contributed by atoms with van der Waals surface area (Å²) in [5.74, 6) is -2.16. The summed E-state index contributed by atoms with van der Waals surface area (Å²) < 4.78 is 5.13. The predicted octanol–water partition coefficient (Wildman–Crippen LogP) is 4.85. The molecule has 31 heavy (non-hydrogen) atoms. The first-order valence-electron chi connectivity index (χ1n) is 10.5. The van der Waals surface area contributed by atoms with Crippen molar-refractivity contribution < 1.29 is 19.4 Å². The van der Waals surface area contributed by atoms with Gasteiger partial charge in [-0.1, -0.05) is 61.3 Å². The highest BCUT2D eigenvalue weighted by Gasteiger charge is 2.30. The molecule has 2 atom stereocenters. The number of Topliss-reactive ketones (excluding diaryl/α,β-unsaturated/α-hetero) is 1. The van der Waals surface area contributed by atoms with Gasteiger partial charge < -0.3 is 15.2 Å². The van der Waals surface area contributed by atoms with Crippen molar-refractivity contribution >= 4 is 35.0 Å². The van der Waals surface area contributed by atoms with Gasteiger partial charge in [-0.2, -0.15) is 0 Å². The molecule has 0 saturated carbocycles. The molecule has 0 heterocycles. The summed E-state index contributed by atoms with van der Waals surface area (Å²) >= 11 is 11.8. The third-order valence-corrected chi connectivity index (χ3v) is 5.79. The molecule has 2 N–H and O–H groups in total. The Morgan fingerprint density at radius 3 is 2.52 bits per heavy atom. The Labute approximate surface area is 193 Å². The number of nitrogens with one attached hydrogen (secondary N) is 1. The van der Waals surface area contributed by atoms with Crippen LogP contribution >= 0.6 is 23.2 Å². The summed E-state index contributed by atoms with van der Waals surface area (Å²) in [6.45, 7) is 5.39. The first kappa shape index (κ1) is 25.3. The third kappa shape index (κ3) is 7.93. The number of unbranched alkanes of at least 4 members (excludes halogenated alkanes) is 1. The molecule has 2 aromatic rings. The van der Waals surface area contributed by atoms with E-state index in [4.69, 9.17) is 27.9 Å². The second-order valence-corrected chi connectivity index (χ2v) is 8.27. The Hall–Kier alpha value is -1.92. The van der Waals surface area contributed by atoms with Crippen molar-refractivity contribution in [2.45, 2.75) is 45.8 Å². The van der Waals surface area contributed by atoms with Crippen molar-refractivity contribution in [1.29, 1.82) is 0 Å². The second kappa shape index (κ2) is 12.8. The Bertz CT molecular complexity index is 888. The standard InChI is InChI=1S/C24H29Cl2NO4/c1-3-17-7-6-8-18(13-17)15-27-11-4-5-12-31-24(30)23(29)16(2)22(28)19-9-10-20(25)21(26)14-19/h6-10,13-14,16,23,27,29H,3-5,11-12,15H2,1-2H3. The SMILES string of the molecule is CCc1cccc(CNCCCCOC(=O)C(O)C(C)C(=O)c2ccc(Cl)c(Cl)c2)c1. The number of benzene rings is 2. The summed E-state index contributed by atoms with van der Waals surface area (Å²) in [6, 6.07) is 12.9. The average molecular weight is 466 g/mol. The molecule has 168 valence electrons. The van der Waals surface area contributed by atoms with Crippen molar-refractivity contribution in [3.63, 3.8) is 0 Å². The minimum absolute atomic E-state index is 0.191. The molecule has 0 radical (unpaired) electrons. The zero-order chi connectivity index (χ0) is 22.8. The second-order valence-electron chi connectivity index (χ2n) is 7.45. The van der Waals surface area contributed by atoms with Crippen LogP contribution in [0.15, 0.2) is 42.5 Å². The van der Waals surface area contributed by atoms with Gasteiger partial charge >= 0.3 is 5.97 Å². The molecule has 0 amide bonds. The molecule has 0 aliphatic heterocycles. The summed E-state index contributed by atoms with van der Waals surface area (Å²) in [5, 5.41) is 14.1. The maximum atomic E-state index is 12.5. The molecule has 2 aromatic carbocycles. The smallest absolute Gasteiger partial charge is 0.335 e. The van der Waals surface area contributed by atoms with Crippen LogP contribution in [0, 0.1) is 5.92 Å². The van der Waals surface area contributed by atoms with Crippen molar-refractivity contribution in [3.8, 4) is 0 Å². The topological polar surface area (TPSA) is 75.6 Å². The van der Waals surface area contributed by atoms with E-state index in [9.17, 15) is 14.7 Å². The number of ether oxygens (including phenoxy) is 1. The lowest BCUT2D eigenvalue weighted by atomic mass is 9.94. The summed E-state index contributed by atoms with van der Waals surface area (Å²) in [4.78, 5) is 24.6. The first-order chi connectivity index (χ1) is 14.8. The molecule has 0 spiro atoms. The number of aliphatic hydroxyl groups excluding tert-OH is 1. The molecular weight excluding hydrogens is 437 g/mol. The van der Waals surface area contributed by atoms with E-state index in [1.165, 1.54) is 36.2 Å². The maximum absolute atomic E-state index is 12.5. The predicted molar refractivity (Wildman–Crippen MR) is 124 cm³/mol. The monoisotopic (exact) mass is 465 g/mol. The summed E-state index contributed by atoms with van der Waals surface area (Å²) in [7, 11) is 0. The Balaban J connectivity index is 1.66. The van der Waals surface area contributed by atoms with Gasteiger partial charge in [0.25, 0.3) is 0 Å². The highest BCUT2D eigenvalue weighted by atomic mass is 35.5. The lowest BCUT2D eigenvalue weighted by molar-refractivity contribution is -0.155. The quantitative estimate of drug-likeness (QED) is 0.266. The van der Waals surface area contributed by atoms with Crippen LogP contribution in [0.3, 0.4) is 0 Å². The van der Waals surface area contributed by atoms with Crippen molar-refractivity contribution in [3.05, 3.63) is 69.2 Å². The fourth-order valence-electron chi connectivity index (χ4n) is 3.06. The minimum Gasteiger partial charge on any atom is -0.464 e. The molecule has 0 fully saturated rings. The Morgan fingerprint density at radius 1 is 1.06 bits per heavy atom. The third-order valence-electron chi connectivity index (χ3n) is 5.05. The van der Waals surface area contributed by atoms with E-state index >= 15 is 0 Å². The fraction of sp³-hybridized carbons (Fsp3) is 0.417. The van der Waals surface area contributed by atoms with Crippen LogP contribution in [0.4, 0.5) is 0 Å². The van der Waals surface area contributed by atoms with E-state index in [1.807, 2.05) is 0 Å². The van der Waals surface area contributed by atoms with Crippen LogP contribution < -0.4 is 5.32 Å². The molecular formula is C24H29Cl2NO4. The van der Waals surface area contributed by atoms with Crippen LogP contribution in [0.2, 0.25) is 10.0 Å². The van der Waals surface area contributed by atoms with Gasteiger partial charge in [0.1, 0.15) is 0 Å². The van der Waals surface area contributed by atoms with Gasteiger partial charge in [0.15, 0.2) is 11.9 Å². The molecule has 2 unspecified atom stereocenters. The summed E-state index contributed by atoms with van der Waals surface area (Å²) in [6.07, 6.45) is 0.971. The number of esters is 1. The number of rotatable bonds is 12. The molecule has 0 bridgehead atoms. The number of halogens is 2. The minimum atomic E-state index is -1.54. The van der Waals surface area contributed by atoms with E-state index < -0.39 is 23.8 Å². The van der Waals surface area contributed by atoms with Gasteiger partial charge in [0, 0.05) is 12.1 Å². The maximum Gasteiger partial charge on any atom is 0.335 e. The zero-order valence-corrected chi connectivity index (χ0v) is 19.4. The fourth-order valence-corrected chi connectivity index (χ4v) is 3.36. The molecule has 0 aliphatic rings. The van der Waals surface area contributed by atoms with Crippen LogP contribution in [-0.4, -0.2) is 36.1 Å². The van der Waals surface area contributed by atoms with Crippen molar-refractivity contribution in [1.82, 2.24) is 5.32 Å². The van der Waals surface area contributed by atoms with E-state index in [-0.39, 0.29) is 17.2 Å². The molecule has 0 aliphatic carbocycles. The molecule has 5 nitrogen and oxygen atoms in total. The molecule has 2 rings (SSSR count). The molecule has 0 aromatic heterocycles. The van der Waals surface area contributed by atoms with Crippen LogP contribution in [0.5, 0.6) is 0 Å².